The van der Waals surface area contributed by atoms with Gasteiger partial charge in [-0.2, -0.15) is 0 Å². The van der Waals surface area contributed by atoms with E-state index in [2.05, 4.69) is 20.1 Å². The zero-order valence-electron chi connectivity index (χ0n) is 18.3. The monoisotopic (exact) mass is 416 g/mol. The maximum Gasteiger partial charge on any atom is 0.267 e. The molecule has 30 heavy (non-hydrogen) atoms. The van der Waals surface area contributed by atoms with Gasteiger partial charge >= 0.3 is 0 Å². The van der Waals surface area contributed by atoms with Gasteiger partial charge in [0.15, 0.2) is 0 Å². The summed E-state index contributed by atoms with van der Waals surface area (Å²) in [5, 5.41) is 4.18. The predicted octanol–water partition coefficient (Wildman–Crippen LogP) is 4.13. The number of methoxy groups -OCH3 is 1. The molecule has 6 heteroatoms. The van der Waals surface area contributed by atoms with Crippen molar-refractivity contribution in [1.29, 1.82) is 0 Å². The lowest BCUT2D eigenvalue weighted by Crippen LogP contribution is -2.46. The summed E-state index contributed by atoms with van der Waals surface area (Å²) in [7, 11) is 1.66. The van der Waals surface area contributed by atoms with Gasteiger partial charge in [0.1, 0.15) is 11.4 Å². The molecule has 0 unspecified atom stereocenters. The smallest absolute Gasteiger partial charge is 0.267 e. The Bertz CT molecular complexity index is 829. The van der Waals surface area contributed by atoms with E-state index in [4.69, 9.17) is 4.74 Å². The van der Waals surface area contributed by atoms with Crippen molar-refractivity contribution in [2.75, 3.05) is 46.4 Å². The molecule has 6 nitrogen and oxygen atoms in total. The summed E-state index contributed by atoms with van der Waals surface area (Å²) in [6, 6.07) is 7.97. The molecular weight excluding hydrogens is 376 g/mol. The lowest BCUT2D eigenvalue weighted by atomic mass is 10.0. The van der Waals surface area contributed by atoms with E-state index in [0.29, 0.717) is 5.69 Å². The van der Waals surface area contributed by atoms with Crippen molar-refractivity contribution < 1.29 is 12.4 Å². The average Bonchev–Trinajstić information content (AvgIpc) is 3.19. The number of likely N-dealkylation sites (tertiary alicyclic amines) is 2. The first-order chi connectivity index (χ1) is 14.7. The summed E-state index contributed by atoms with van der Waals surface area (Å²) in [5.74, 6) is 0.767. The second kappa shape index (κ2) is 10.3. The Hall–Kier alpha value is -2.05. The fourth-order valence-electron chi connectivity index (χ4n) is 4.81. The number of aromatic nitrogens is 1. The van der Waals surface area contributed by atoms with Crippen LogP contribution < -0.4 is 10.1 Å². The normalized spacial score (nSPS) is 20.0. The maximum absolute atomic E-state index is 12.8. The van der Waals surface area contributed by atoms with Crippen molar-refractivity contribution in [2.45, 2.75) is 51.0 Å². The maximum atomic E-state index is 12.8. The number of hydrogen-bond acceptors (Lipinski definition) is 4. The lowest BCUT2D eigenvalue weighted by Gasteiger charge is -2.34. The molecule has 2 saturated heterocycles. The van der Waals surface area contributed by atoms with Crippen LogP contribution in [0.5, 0.6) is 5.75 Å². The largest absolute Gasteiger partial charge is 0.496 e. The minimum Gasteiger partial charge on any atom is -0.496 e. The first-order valence-corrected chi connectivity index (χ1v) is 11.6. The highest BCUT2D eigenvalue weighted by Crippen LogP contribution is 2.26. The molecule has 3 heterocycles. The van der Waals surface area contributed by atoms with Crippen molar-refractivity contribution in [2.24, 2.45) is 0 Å². The first kappa shape index (κ1) is 21.2. The molecule has 2 aromatic rings. The minimum atomic E-state index is -0.0210. The van der Waals surface area contributed by atoms with Gasteiger partial charge in [0.05, 0.1) is 7.11 Å². The second-order valence-corrected chi connectivity index (χ2v) is 8.80. The van der Waals surface area contributed by atoms with Gasteiger partial charge in [-0.3, -0.25) is 4.79 Å². The molecule has 2 fully saturated rings. The highest BCUT2D eigenvalue weighted by atomic mass is 16.5. The topological polar surface area (TPSA) is 60.6 Å². The standard InChI is InChI=1S/C24H36N4O2.2H2/c1-30-23-9-7-8-21-20(23)18-22(26-21)24(29)25-19-10-14-28(15-11-19)17-16-27-12-5-3-2-4-6-13-27;;/h7-9,18-19,26H,2-6,10-17H2,1H3,(H,25,29);2*1H. The number of amides is 1. The Morgan fingerprint density at radius 2 is 1.73 bits per heavy atom. The van der Waals surface area contributed by atoms with Crippen LogP contribution in [0.15, 0.2) is 24.3 Å². The summed E-state index contributed by atoms with van der Waals surface area (Å²) in [4.78, 5) is 21.2. The quantitative estimate of drug-likeness (QED) is 0.743. The molecule has 0 radical (unpaired) electrons. The number of nitrogens with zero attached hydrogens (tertiary/aromatic N) is 2. The SMILES string of the molecule is COc1cccc2[nH]c(C(=O)NC3CCN(CCN4CCCCCCC4)CC3)cc12.[HH].[HH]. The van der Waals surface area contributed by atoms with Crippen molar-refractivity contribution in [3.63, 3.8) is 0 Å². The molecule has 2 N–H and O–H groups in total. The van der Waals surface area contributed by atoms with Gasteiger partial charge in [-0.25, -0.2) is 0 Å². The molecule has 2 aliphatic rings. The molecule has 0 saturated carbocycles. The second-order valence-electron chi connectivity index (χ2n) is 8.80. The lowest BCUT2D eigenvalue weighted by molar-refractivity contribution is 0.0902. The van der Waals surface area contributed by atoms with Crippen LogP contribution in [0.25, 0.3) is 10.9 Å². The Morgan fingerprint density at radius 1 is 1.07 bits per heavy atom. The number of hydrogen-bond donors (Lipinski definition) is 2. The number of carbonyl (C=O) groups is 1. The van der Waals surface area contributed by atoms with Crippen LogP contribution >= 0.6 is 0 Å². The van der Waals surface area contributed by atoms with E-state index in [1.807, 2.05) is 24.3 Å². The van der Waals surface area contributed by atoms with Gasteiger partial charge in [0.25, 0.3) is 5.91 Å². The Morgan fingerprint density at radius 3 is 2.43 bits per heavy atom. The third kappa shape index (κ3) is 5.35. The average molecular weight is 417 g/mol. The molecule has 168 valence electrons. The molecule has 2 aliphatic heterocycles. The number of benzene rings is 1. The van der Waals surface area contributed by atoms with E-state index in [0.717, 1.165) is 49.1 Å². The van der Waals surface area contributed by atoms with Gasteiger partial charge in [-0.05, 0) is 57.0 Å². The number of nitrogens with one attached hydrogen (secondary N) is 2. The summed E-state index contributed by atoms with van der Waals surface area (Å²) in [5.41, 5.74) is 1.53. The van der Waals surface area contributed by atoms with E-state index in [-0.39, 0.29) is 14.8 Å². The van der Waals surface area contributed by atoms with Crippen LogP contribution in [0.3, 0.4) is 0 Å². The van der Waals surface area contributed by atoms with Gasteiger partial charge < -0.3 is 24.8 Å². The highest BCUT2D eigenvalue weighted by Gasteiger charge is 2.22. The Labute approximate surface area is 182 Å². The van der Waals surface area contributed by atoms with Crippen LogP contribution in [0.4, 0.5) is 0 Å². The van der Waals surface area contributed by atoms with E-state index in [1.54, 1.807) is 7.11 Å². The Balaban J connectivity index is 0.00000181. The zero-order chi connectivity index (χ0) is 20.8. The number of carbonyl (C=O) groups excluding carboxylic acids is 1. The number of ether oxygens (including phenoxy) is 1. The van der Waals surface area contributed by atoms with Gasteiger partial charge in [-0.15, -0.1) is 0 Å². The molecule has 0 atom stereocenters. The summed E-state index contributed by atoms with van der Waals surface area (Å²) in [6.45, 7) is 7.01. The molecule has 0 spiro atoms. The van der Waals surface area contributed by atoms with Crippen LogP contribution in [-0.2, 0) is 0 Å². The van der Waals surface area contributed by atoms with Crippen LogP contribution in [0, 0.1) is 0 Å². The van der Waals surface area contributed by atoms with E-state index >= 15 is 0 Å². The van der Waals surface area contributed by atoms with Crippen molar-refractivity contribution in [3.8, 4) is 5.75 Å². The van der Waals surface area contributed by atoms with Crippen LogP contribution in [0.1, 0.15) is 58.3 Å². The van der Waals surface area contributed by atoms with Crippen molar-refractivity contribution in [1.82, 2.24) is 20.1 Å². The molecule has 1 amide bonds. The predicted molar refractivity (Wildman–Crippen MR) is 126 cm³/mol. The van der Waals surface area contributed by atoms with Gasteiger partial charge in [0, 0.05) is 46.0 Å². The molecular formula is C24H40N4O2. The first-order valence-electron chi connectivity index (χ1n) is 11.6. The van der Waals surface area contributed by atoms with Gasteiger partial charge in [0.2, 0.25) is 0 Å². The summed E-state index contributed by atoms with van der Waals surface area (Å²) in [6.07, 6.45) is 8.96. The van der Waals surface area contributed by atoms with Crippen molar-refractivity contribution in [3.05, 3.63) is 30.0 Å². The van der Waals surface area contributed by atoms with Crippen LogP contribution in [-0.4, -0.2) is 73.1 Å². The fraction of sp³-hybridized carbons (Fsp3) is 0.625. The number of rotatable bonds is 6. The fourth-order valence-corrected chi connectivity index (χ4v) is 4.81. The van der Waals surface area contributed by atoms with Crippen LogP contribution in [0.2, 0.25) is 0 Å². The van der Waals surface area contributed by atoms with E-state index in [9.17, 15) is 4.79 Å². The summed E-state index contributed by atoms with van der Waals surface area (Å²) >= 11 is 0. The zero-order valence-corrected chi connectivity index (χ0v) is 18.3. The van der Waals surface area contributed by atoms with E-state index < -0.39 is 0 Å². The molecule has 0 bridgehead atoms. The van der Waals surface area contributed by atoms with Crippen molar-refractivity contribution >= 4 is 16.8 Å². The summed E-state index contributed by atoms with van der Waals surface area (Å²) < 4.78 is 5.40. The molecule has 1 aromatic heterocycles. The number of aromatic amines is 1. The van der Waals surface area contributed by atoms with E-state index in [1.165, 1.54) is 51.7 Å². The molecule has 1 aromatic carbocycles. The highest BCUT2D eigenvalue weighted by molar-refractivity contribution is 5.99. The molecule has 4 rings (SSSR count). The van der Waals surface area contributed by atoms with Gasteiger partial charge in [-0.1, -0.05) is 25.3 Å². The third-order valence-electron chi connectivity index (χ3n) is 6.69. The number of H-pyrrole nitrogens is 1. The molecule has 0 aliphatic carbocycles. The third-order valence-corrected chi connectivity index (χ3v) is 6.69. The number of piperidine rings is 1. The number of fused-ring (bicyclic) bond motifs is 1. The Kier molecular flexibility index (Phi) is 7.28. The minimum absolute atomic E-state index is 0.